The Balaban J connectivity index is 2.16. The number of nitrogens with zero attached hydrogens (tertiary/aromatic N) is 1. The van der Waals surface area contributed by atoms with Gasteiger partial charge in [0.25, 0.3) is 0 Å². The molecule has 1 aromatic heterocycles. The number of aryl methyl sites for hydroxylation is 3. The standard InChI is InChI=1S/C14H17NOS/c1-9-4-10(2)6-12(5-9)14(16)7-13-8-17-11(3)15-13/h4-6,8,14,16H,7H2,1-3H3. The molecule has 0 saturated carbocycles. The first-order valence-corrected chi connectivity index (χ1v) is 6.60. The highest BCUT2D eigenvalue weighted by Crippen LogP contribution is 2.21. The van der Waals surface area contributed by atoms with Crippen molar-refractivity contribution in [2.24, 2.45) is 0 Å². The van der Waals surface area contributed by atoms with Crippen LogP contribution in [-0.4, -0.2) is 10.1 Å². The van der Waals surface area contributed by atoms with Crippen LogP contribution in [0, 0.1) is 20.8 Å². The summed E-state index contributed by atoms with van der Waals surface area (Å²) in [4.78, 5) is 4.38. The van der Waals surface area contributed by atoms with Gasteiger partial charge in [-0.15, -0.1) is 11.3 Å². The van der Waals surface area contributed by atoms with E-state index in [0.29, 0.717) is 6.42 Å². The van der Waals surface area contributed by atoms with Gasteiger partial charge in [0.05, 0.1) is 16.8 Å². The first-order chi connectivity index (χ1) is 8.04. The largest absolute Gasteiger partial charge is 0.388 e. The highest BCUT2D eigenvalue weighted by molar-refractivity contribution is 7.09. The van der Waals surface area contributed by atoms with Crippen LogP contribution in [0.25, 0.3) is 0 Å². The fraction of sp³-hybridized carbons (Fsp3) is 0.357. The van der Waals surface area contributed by atoms with Gasteiger partial charge in [0.15, 0.2) is 0 Å². The van der Waals surface area contributed by atoms with Crippen LogP contribution >= 0.6 is 11.3 Å². The predicted octanol–water partition coefficient (Wildman–Crippen LogP) is 3.34. The van der Waals surface area contributed by atoms with Crippen molar-refractivity contribution in [1.82, 2.24) is 4.98 Å². The molecule has 0 radical (unpaired) electrons. The van der Waals surface area contributed by atoms with Gasteiger partial charge in [-0.05, 0) is 26.3 Å². The molecule has 1 aromatic carbocycles. The lowest BCUT2D eigenvalue weighted by Crippen LogP contribution is -2.03. The predicted molar refractivity (Wildman–Crippen MR) is 71.4 cm³/mol. The fourth-order valence-electron chi connectivity index (χ4n) is 2.02. The number of aliphatic hydroxyl groups excluding tert-OH is 1. The molecule has 0 amide bonds. The summed E-state index contributed by atoms with van der Waals surface area (Å²) in [5.74, 6) is 0. The van der Waals surface area contributed by atoms with Gasteiger partial charge >= 0.3 is 0 Å². The first kappa shape index (κ1) is 12.3. The average Bonchev–Trinajstić information content (AvgIpc) is 2.62. The topological polar surface area (TPSA) is 33.1 Å². The molecule has 0 aliphatic heterocycles. The van der Waals surface area contributed by atoms with Crippen molar-refractivity contribution in [3.05, 3.63) is 51.0 Å². The zero-order valence-corrected chi connectivity index (χ0v) is 11.2. The van der Waals surface area contributed by atoms with Crippen LogP contribution in [0.3, 0.4) is 0 Å². The summed E-state index contributed by atoms with van der Waals surface area (Å²) in [5, 5.41) is 13.3. The zero-order chi connectivity index (χ0) is 12.4. The van der Waals surface area contributed by atoms with Crippen LogP contribution in [0.2, 0.25) is 0 Å². The van der Waals surface area contributed by atoms with E-state index in [-0.39, 0.29) is 0 Å². The summed E-state index contributed by atoms with van der Waals surface area (Å²) in [5.41, 5.74) is 4.33. The number of hydrogen-bond acceptors (Lipinski definition) is 3. The number of rotatable bonds is 3. The van der Waals surface area contributed by atoms with Gasteiger partial charge in [-0.1, -0.05) is 29.3 Å². The minimum Gasteiger partial charge on any atom is -0.388 e. The van der Waals surface area contributed by atoms with Crippen LogP contribution in [0.1, 0.15) is 33.5 Å². The molecule has 2 nitrogen and oxygen atoms in total. The minimum absolute atomic E-state index is 0.463. The van der Waals surface area contributed by atoms with Gasteiger partial charge in [-0.3, -0.25) is 0 Å². The average molecular weight is 247 g/mol. The van der Waals surface area contributed by atoms with Crippen molar-refractivity contribution in [2.45, 2.75) is 33.3 Å². The molecule has 1 N–H and O–H groups in total. The lowest BCUT2D eigenvalue weighted by molar-refractivity contribution is 0.177. The zero-order valence-electron chi connectivity index (χ0n) is 10.4. The molecular weight excluding hydrogens is 230 g/mol. The summed E-state index contributed by atoms with van der Waals surface area (Å²) in [6.07, 6.45) is 0.128. The Morgan fingerprint density at radius 1 is 1.18 bits per heavy atom. The third-order valence-corrected chi connectivity index (χ3v) is 3.52. The Kier molecular flexibility index (Phi) is 3.60. The highest BCUT2D eigenvalue weighted by Gasteiger charge is 2.11. The van der Waals surface area contributed by atoms with Gasteiger partial charge in [-0.25, -0.2) is 4.98 Å². The van der Waals surface area contributed by atoms with Gasteiger partial charge in [0.2, 0.25) is 0 Å². The lowest BCUT2D eigenvalue weighted by Gasteiger charge is -2.11. The molecule has 1 heterocycles. The smallest absolute Gasteiger partial charge is 0.0897 e. The van der Waals surface area contributed by atoms with Gasteiger partial charge in [0.1, 0.15) is 0 Å². The molecule has 0 fully saturated rings. The van der Waals surface area contributed by atoms with Gasteiger partial charge in [-0.2, -0.15) is 0 Å². The Hall–Kier alpha value is -1.19. The van der Waals surface area contributed by atoms with Crippen LogP contribution in [0.5, 0.6) is 0 Å². The van der Waals surface area contributed by atoms with E-state index < -0.39 is 6.10 Å². The molecule has 1 atom stereocenters. The highest BCUT2D eigenvalue weighted by atomic mass is 32.1. The van der Waals surface area contributed by atoms with E-state index in [1.54, 1.807) is 11.3 Å². The quantitative estimate of drug-likeness (QED) is 0.902. The summed E-state index contributed by atoms with van der Waals surface area (Å²) in [6.45, 7) is 6.09. The molecule has 0 aliphatic carbocycles. The molecule has 90 valence electrons. The number of thiazole rings is 1. The monoisotopic (exact) mass is 247 g/mol. The van der Waals surface area contributed by atoms with E-state index >= 15 is 0 Å². The summed E-state index contributed by atoms with van der Waals surface area (Å²) < 4.78 is 0. The van der Waals surface area contributed by atoms with E-state index in [1.807, 2.05) is 24.4 Å². The second kappa shape index (κ2) is 4.98. The van der Waals surface area contributed by atoms with Crippen molar-refractivity contribution in [1.29, 1.82) is 0 Å². The van der Waals surface area contributed by atoms with Crippen molar-refractivity contribution in [2.75, 3.05) is 0 Å². The first-order valence-electron chi connectivity index (χ1n) is 5.72. The third kappa shape index (κ3) is 3.14. The minimum atomic E-state index is -0.463. The molecule has 0 saturated heterocycles. The van der Waals surface area contributed by atoms with E-state index in [4.69, 9.17) is 0 Å². The number of benzene rings is 1. The second-order valence-electron chi connectivity index (χ2n) is 4.50. The Labute approximate surface area is 106 Å². The molecule has 2 aromatic rings. The Morgan fingerprint density at radius 2 is 1.82 bits per heavy atom. The van der Waals surface area contributed by atoms with E-state index in [9.17, 15) is 5.11 Å². The Bertz CT molecular complexity index is 498. The number of hydrogen-bond donors (Lipinski definition) is 1. The number of aromatic nitrogens is 1. The summed E-state index contributed by atoms with van der Waals surface area (Å²) in [6, 6.07) is 6.19. The van der Waals surface area contributed by atoms with Crippen LogP contribution in [0.15, 0.2) is 23.6 Å². The van der Waals surface area contributed by atoms with Crippen LogP contribution < -0.4 is 0 Å². The lowest BCUT2D eigenvalue weighted by atomic mass is 10.0. The molecule has 0 aliphatic rings. The van der Waals surface area contributed by atoms with E-state index in [0.717, 1.165) is 16.3 Å². The maximum absolute atomic E-state index is 10.2. The van der Waals surface area contributed by atoms with Crippen LogP contribution in [-0.2, 0) is 6.42 Å². The van der Waals surface area contributed by atoms with E-state index in [1.165, 1.54) is 11.1 Å². The van der Waals surface area contributed by atoms with Crippen molar-refractivity contribution < 1.29 is 5.11 Å². The second-order valence-corrected chi connectivity index (χ2v) is 5.56. The fourth-order valence-corrected chi connectivity index (χ4v) is 2.65. The summed E-state index contributed by atoms with van der Waals surface area (Å²) in [7, 11) is 0. The normalized spacial score (nSPS) is 12.7. The third-order valence-electron chi connectivity index (χ3n) is 2.70. The summed E-state index contributed by atoms with van der Waals surface area (Å²) >= 11 is 1.63. The molecule has 17 heavy (non-hydrogen) atoms. The maximum atomic E-state index is 10.2. The Morgan fingerprint density at radius 3 is 2.35 bits per heavy atom. The molecule has 1 unspecified atom stereocenters. The maximum Gasteiger partial charge on any atom is 0.0897 e. The number of aliphatic hydroxyl groups is 1. The molecule has 0 spiro atoms. The molecule has 3 heteroatoms. The molecule has 2 rings (SSSR count). The van der Waals surface area contributed by atoms with Gasteiger partial charge in [0, 0.05) is 11.8 Å². The van der Waals surface area contributed by atoms with Crippen LogP contribution in [0.4, 0.5) is 0 Å². The van der Waals surface area contributed by atoms with Crippen molar-refractivity contribution in [3.8, 4) is 0 Å². The van der Waals surface area contributed by atoms with Gasteiger partial charge < -0.3 is 5.11 Å². The van der Waals surface area contributed by atoms with Crippen molar-refractivity contribution >= 4 is 11.3 Å². The van der Waals surface area contributed by atoms with Crippen molar-refractivity contribution in [3.63, 3.8) is 0 Å². The molecular formula is C14H17NOS. The molecule has 0 bridgehead atoms. The SMILES string of the molecule is Cc1cc(C)cc(C(O)Cc2csc(C)n2)c1. The van der Waals surface area contributed by atoms with E-state index in [2.05, 4.69) is 24.9 Å².